The first kappa shape index (κ1) is 11.6. The molecule has 3 N–H and O–H groups in total. The molecule has 8 heteroatoms. The number of aromatic nitrogens is 2. The second kappa shape index (κ2) is 4.17. The van der Waals surface area contributed by atoms with Crippen LogP contribution in [0.3, 0.4) is 0 Å². The molecule has 0 amide bonds. The van der Waals surface area contributed by atoms with E-state index in [0.717, 1.165) is 10.7 Å². The van der Waals surface area contributed by atoms with Gasteiger partial charge in [0.05, 0.1) is 4.92 Å². The number of nitrogens with zero attached hydrogens (tertiary/aromatic N) is 3. The molecule has 0 aliphatic rings. The van der Waals surface area contributed by atoms with Gasteiger partial charge in [-0.25, -0.2) is 9.48 Å². The number of carboxylic acid groups (broad SMARTS) is 1. The molecule has 0 unspecified atom stereocenters. The van der Waals surface area contributed by atoms with Crippen molar-refractivity contribution in [3.63, 3.8) is 0 Å². The van der Waals surface area contributed by atoms with Gasteiger partial charge in [-0.15, -0.1) is 0 Å². The van der Waals surface area contributed by atoms with Crippen LogP contribution in [-0.2, 0) is 0 Å². The number of hydrogen-bond donors (Lipinski definition) is 2. The highest BCUT2D eigenvalue weighted by Gasteiger charge is 2.19. The number of nitro groups is 1. The Labute approximate surface area is 100 Å². The fourth-order valence-corrected chi connectivity index (χ4v) is 1.49. The number of nitrogen functional groups attached to an aromatic ring is 1. The Morgan fingerprint density at radius 3 is 2.67 bits per heavy atom. The summed E-state index contributed by atoms with van der Waals surface area (Å²) in [5, 5.41) is 23.3. The smallest absolute Gasteiger partial charge is 0.356 e. The van der Waals surface area contributed by atoms with Crippen LogP contribution in [0.4, 0.5) is 11.5 Å². The third-order valence-electron chi connectivity index (χ3n) is 2.26. The van der Waals surface area contributed by atoms with Crippen molar-refractivity contribution in [1.29, 1.82) is 0 Å². The number of rotatable bonds is 3. The van der Waals surface area contributed by atoms with Crippen LogP contribution in [-0.4, -0.2) is 25.8 Å². The number of hydrogen-bond acceptors (Lipinski definition) is 5. The number of nitrogens with two attached hydrogens (primary N) is 1. The maximum atomic E-state index is 10.9. The van der Waals surface area contributed by atoms with E-state index in [1.165, 1.54) is 18.2 Å². The molecule has 0 saturated heterocycles. The summed E-state index contributed by atoms with van der Waals surface area (Å²) in [6.07, 6.45) is 0. The van der Waals surface area contributed by atoms with Gasteiger partial charge >= 0.3 is 5.97 Å². The van der Waals surface area contributed by atoms with Crippen molar-refractivity contribution in [2.24, 2.45) is 0 Å². The molecule has 0 spiro atoms. The minimum atomic E-state index is -1.25. The van der Waals surface area contributed by atoms with Crippen LogP contribution < -0.4 is 5.73 Å². The lowest BCUT2D eigenvalue weighted by Crippen LogP contribution is -2.06. The van der Waals surface area contributed by atoms with Crippen LogP contribution in [0.1, 0.15) is 10.5 Å². The average Bonchev–Trinajstić information content (AvgIpc) is 2.71. The van der Waals surface area contributed by atoms with Crippen molar-refractivity contribution in [3.8, 4) is 5.69 Å². The maximum Gasteiger partial charge on any atom is 0.356 e. The summed E-state index contributed by atoms with van der Waals surface area (Å²) in [5.41, 5.74) is 5.24. The van der Waals surface area contributed by atoms with E-state index in [-0.39, 0.29) is 22.9 Å². The van der Waals surface area contributed by atoms with Crippen molar-refractivity contribution in [2.75, 3.05) is 5.73 Å². The number of aromatic carboxylic acids is 1. The van der Waals surface area contributed by atoms with Crippen molar-refractivity contribution >= 4 is 17.5 Å². The van der Waals surface area contributed by atoms with Gasteiger partial charge in [0.15, 0.2) is 5.69 Å². The molecule has 1 aromatic carbocycles. The zero-order valence-electron chi connectivity index (χ0n) is 8.98. The van der Waals surface area contributed by atoms with E-state index >= 15 is 0 Å². The molecule has 92 valence electrons. The second-order valence-corrected chi connectivity index (χ2v) is 3.42. The van der Waals surface area contributed by atoms with E-state index in [4.69, 9.17) is 10.8 Å². The lowest BCUT2D eigenvalue weighted by atomic mass is 10.3. The molecule has 0 fully saturated rings. The zero-order chi connectivity index (χ0) is 13.3. The monoisotopic (exact) mass is 248 g/mol. The van der Waals surface area contributed by atoms with E-state index in [1.54, 1.807) is 6.07 Å². The molecule has 0 bridgehead atoms. The molecule has 0 aliphatic heterocycles. The summed E-state index contributed by atoms with van der Waals surface area (Å²) in [6.45, 7) is 0. The fourth-order valence-electron chi connectivity index (χ4n) is 1.49. The number of para-hydroxylation sites is 2. The van der Waals surface area contributed by atoms with E-state index < -0.39 is 10.9 Å². The summed E-state index contributed by atoms with van der Waals surface area (Å²) in [4.78, 5) is 21.0. The predicted octanol–water partition coefficient (Wildman–Crippen LogP) is 1.06. The summed E-state index contributed by atoms with van der Waals surface area (Å²) in [6, 6.07) is 6.94. The van der Waals surface area contributed by atoms with Gasteiger partial charge in [0.1, 0.15) is 11.5 Å². The van der Waals surface area contributed by atoms with E-state index in [9.17, 15) is 14.9 Å². The van der Waals surface area contributed by atoms with Gasteiger partial charge in [-0.3, -0.25) is 10.1 Å². The Morgan fingerprint density at radius 1 is 1.44 bits per heavy atom. The minimum Gasteiger partial charge on any atom is -0.476 e. The van der Waals surface area contributed by atoms with Crippen LogP contribution in [0.25, 0.3) is 5.69 Å². The summed E-state index contributed by atoms with van der Waals surface area (Å²) in [5.74, 6) is -1.24. The largest absolute Gasteiger partial charge is 0.476 e. The summed E-state index contributed by atoms with van der Waals surface area (Å²) < 4.78 is 1.03. The van der Waals surface area contributed by atoms with Crippen molar-refractivity contribution in [3.05, 3.63) is 46.1 Å². The lowest BCUT2D eigenvalue weighted by Gasteiger charge is -2.03. The van der Waals surface area contributed by atoms with Crippen LogP contribution in [0.5, 0.6) is 0 Å². The van der Waals surface area contributed by atoms with Gasteiger partial charge in [-0.05, 0) is 6.07 Å². The molecule has 0 saturated carbocycles. The first-order valence-corrected chi connectivity index (χ1v) is 4.83. The lowest BCUT2D eigenvalue weighted by molar-refractivity contribution is -0.384. The van der Waals surface area contributed by atoms with Crippen molar-refractivity contribution < 1.29 is 14.8 Å². The Morgan fingerprint density at radius 2 is 2.11 bits per heavy atom. The molecule has 0 atom stereocenters. The first-order chi connectivity index (χ1) is 8.50. The highest BCUT2D eigenvalue weighted by molar-refractivity contribution is 5.86. The molecule has 1 heterocycles. The number of nitro benzene ring substituents is 1. The zero-order valence-corrected chi connectivity index (χ0v) is 8.98. The molecule has 1 aromatic heterocycles. The third kappa shape index (κ3) is 1.86. The number of benzene rings is 1. The normalized spacial score (nSPS) is 10.2. The third-order valence-corrected chi connectivity index (χ3v) is 2.26. The van der Waals surface area contributed by atoms with Crippen LogP contribution in [0.2, 0.25) is 0 Å². The molecule has 18 heavy (non-hydrogen) atoms. The van der Waals surface area contributed by atoms with E-state index in [1.807, 2.05) is 0 Å². The SMILES string of the molecule is Nc1cc(C(=O)O)nn1-c1ccccc1[N+](=O)[O-]. The summed E-state index contributed by atoms with van der Waals surface area (Å²) >= 11 is 0. The van der Waals surface area contributed by atoms with Crippen molar-refractivity contribution in [1.82, 2.24) is 9.78 Å². The van der Waals surface area contributed by atoms with Gasteiger partial charge < -0.3 is 10.8 Å². The molecule has 8 nitrogen and oxygen atoms in total. The number of carboxylic acids is 1. The van der Waals surface area contributed by atoms with E-state index in [0.29, 0.717) is 0 Å². The molecule has 0 aliphatic carbocycles. The van der Waals surface area contributed by atoms with E-state index in [2.05, 4.69) is 5.10 Å². The fraction of sp³-hybridized carbons (Fsp3) is 0. The highest BCUT2D eigenvalue weighted by Crippen LogP contribution is 2.24. The second-order valence-electron chi connectivity index (χ2n) is 3.42. The Balaban J connectivity index is 2.62. The highest BCUT2D eigenvalue weighted by atomic mass is 16.6. The first-order valence-electron chi connectivity index (χ1n) is 4.83. The maximum absolute atomic E-state index is 10.9. The number of anilines is 1. The molecule has 2 aromatic rings. The van der Waals surface area contributed by atoms with Crippen LogP contribution >= 0.6 is 0 Å². The Kier molecular flexibility index (Phi) is 2.68. The number of carbonyl (C=O) groups is 1. The van der Waals surface area contributed by atoms with Crippen LogP contribution in [0.15, 0.2) is 30.3 Å². The van der Waals surface area contributed by atoms with Crippen molar-refractivity contribution in [2.45, 2.75) is 0 Å². The molecular weight excluding hydrogens is 240 g/mol. The average molecular weight is 248 g/mol. The van der Waals surface area contributed by atoms with Gasteiger partial charge in [0.25, 0.3) is 5.69 Å². The van der Waals surface area contributed by atoms with Gasteiger partial charge in [0.2, 0.25) is 0 Å². The quantitative estimate of drug-likeness (QED) is 0.618. The minimum absolute atomic E-state index is 0.0155. The molecule has 2 rings (SSSR count). The van der Waals surface area contributed by atoms with Gasteiger partial charge in [-0.1, -0.05) is 12.1 Å². The van der Waals surface area contributed by atoms with Crippen LogP contribution in [0, 0.1) is 10.1 Å². The Hall–Kier alpha value is -2.90. The predicted molar refractivity (Wildman–Crippen MR) is 61.6 cm³/mol. The standard InChI is InChI=1S/C10H8N4O4/c11-9-5-6(10(15)16)12-13(9)7-3-1-2-4-8(7)14(17)18/h1-5H,11H2,(H,15,16). The topological polar surface area (TPSA) is 124 Å². The molecular formula is C10H8N4O4. The van der Waals surface area contributed by atoms with Gasteiger partial charge in [-0.2, -0.15) is 5.10 Å². The molecule has 0 radical (unpaired) electrons. The summed E-state index contributed by atoms with van der Waals surface area (Å²) in [7, 11) is 0. The van der Waals surface area contributed by atoms with Gasteiger partial charge in [0, 0.05) is 12.1 Å². The Bertz CT molecular complexity index is 635.